The van der Waals surface area contributed by atoms with Gasteiger partial charge in [0.2, 0.25) is 35.4 Å². The van der Waals surface area contributed by atoms with Gasteiger partial charge in [0, 0.05) is 60.6 Å². The van der Waals surface area contributed by atoms with Crippen LogP contribution in [-0.4, -0.2) is 159 Å². The topological polar surface area (TPSA) is 314 Å². The second-order valence-corrected chi connectivity index (χ2v) is 26.7. The van der Waals surface area contributed by atoms with E-state index in [0.29, 0.717) is 90.5 Å². The van der Waals surface area contributed by atoms with E-state index in [-0.39, 0.29) is 91.1 Å². The first-order chi connectivity index (χ1) is 50.3. The molecule has 9 amide bonds. The summed E-state index contributed by atoms with van der Waals surface area (Å²) >= 11 is 0. The van der Waals surface area contributed by atoms with Crippen LogP contribution >= 0.6 is 0 Å². The first-order valence-corrected chi connectivity index (χ1v) is 34.9. The molecule has 1 unspecified atom stereocenters. The summed E-state index contributed by atoms with van der Waals surface area (Å²) in [5.74, 6) is 4.30. The Kier molecular flexibility index (Phi) is 22.3. The summed E-state index contributed by atoms with van der Waals surface area (Å²) < 4.78 is 35.2. The van der Waals surface area contributed by atoms with Gasteiger partial charge >= 0.3 is 6.09 Å². The number of carbonyl (C=O) groups excluding carboxylic acids is 9. The molecule has 0 spiro atoms. The Morgan fingerprint density at radius 2 is 1.32 bits per heavy atom. The van der Waals surface area contributed by atoms with Crippen LogP contribution in [-0.2, 0) is 46.7 Å². The number of fused-ring (bicyclic) bond motifs is 8. The lowest BCUT2D eigenvalue weighted by molar-refractivity contribution is -0.132. The molecule has 6 aromatic rings. The molecule has 1 aliphatic carbocycles. The molecule has 12 rings (SSSR count). The van der Waals surface area contributed by atoms with Crippen molar-refractivity contribution in [2.24, 2.45) is 11.8 Å². The number of anilines is 4. The number of rotatable bonds is 27. The van der Waals surface area contributed by atoms with Gasteiger partial charge in [0.1, 0.15) is 24.4 Å². The smallest absolute Gasteiger partial charge is 0.416 e. The fourth-order valence-corrected chi connectivity index (χ4v) is 13.6. The Bertz CT molecular complexity index is 4400. The number of nitrogens with zero attached hydrogens (tertiary/aromatic N) is 4. The van der Waals surface area contributed by atoms with Crippen molar-refractivity contribution >= 4 is 81.7 Å². The largest absolute Gasteiger partial charge is 0.497 e. The summed E-state index contributed by atoms with van der Waals surface area (Å²) in [4.78, 5) is 128. The molecule has 0 bridgehead atoms. The molecule has 26 heteroatoms. The molecule has 0 radical (unpaired) electrons. The number of ether oxygens (including phenoxy) is 6. The third kappa shape index (κ3) is 16.3. The average Bonchev–Trinajstić information content (AvgIpc) is 1.56. The van der Waals surface area contributed by atoms with E-state index in [1.807, 2.05) is 79.0 Å². The molecule has 6 aromatic carbocycles. The first kappa shape index (κ1) is 72.2. The van der Waals surface area contributed by atoms with E-state index in [2.05, 4.69) is 43.7 Å². The number of piperidine rings is 1. The summed E-state index contributed by atoms with van der Waals surface area (Å²) in [5.41, 5.74) is 7.30. The maximum Gasteiger partial charge on any atom is 0.416 e. The number of hydrogen-bond donors (Lipinski definition) is 7. The lowest BCUT2D eigenvalue weighted by Crippen LogP contribution is -2.55. The van der Waals surface area contributed by atoms with E-state index in [9.17, 15) is 48.3 Å². The first-order valence-electron chi connectivity index (χ1n) is 34.9. The van der Waals surface area contributed by atoms with Crippen molar-refractivity contribution in [3.8, 4) is 40.6 Å². The van der Waals surface area contributed by atoms with Crippen molar-refractivity contribution in [3.63, 3.8) is 0 Å². The highest BCUT2D eigenvalue weighted by atomic mass is 16.6. The van der Waals surface area contributed by atoms with Crippen molar-refractivity contribution in [2.45, 2.75) is 122 Å². The van der Waals surface area contributed by atoms with Gasteiger partial charge in [-0.25, -0.2) is 9.69 Å². The minimum absolute atomic E-state index is 0.0747. The van der Waals surface area contributed by atoms with Crippen LogP contribution in [0.2, 0.25) is 0 Å². The number of benzene rings is 6. The van der Waals surface area contributed by atoms with Crippen LogP contribution in [0.15, 0.2) is 128 Å². The molecule has 7 N–H and O–H groups in total. The van der Waals surface area contributed by atoms with E-state index in [0.717, 1.165) is 39.3 Å². The molecule has 7 atom stereocenters. The molecule has 104 heavy (non-hydrogen) atoms. The zero-order chi connectivity index (χ0) is 73.3. The van der Waals surface area contributed by atoms with Crippen LogP contribution in [0.3, 0.4) is 0 Å². The molecule has 6 aliphatic rings. The van der Waals surface area contributed by atoms with Gasteiger partial charge in [0.05, 0.1) is 94.5 Å². The molecule has 0 aromatic heterocycles. The number of carbonyl (C=O) groups is 9. The maximum atomic E-state index is 14.4. The van der Waals surface area contributed by atoms with E-state index in [1.54, 1.807) is 72.1 Å². The number of unbranched alkanes of at least 4 members (excludes halogenated alkanes) is 2. The van der Waals surface area contributed by atoms with Gasteiger partial charge in [0.15, 0.2) is 29.2 Å². The van der Waals surface area contributed by atoms with Gasteiger partial charge in [-0.2, -0.15) is 0 Å². The summed E-state index contributed by atoms with van der Waals surface area (Å²) in [6.07, 6.45) is 3.11. The summed E-state index contributed by atoms with van der Waals surface area (Å²) in [7, 11) is 4.62. The molecule has 26 nitrogen and oxygen atoms in total. The van der Waals surface area contributed by atoms with Gasteiger partial charge in [0.25, 0.3) is 11.8 Å². The molecule has 5 aliphatic heterocycles. The summed E-state index contributed by atoms with van der Waals surface area (Å²) in [5, 5.41) is 28.4. The van der Waals surface area contributed by atoms with Crippen molar-refractivity contribution in [2.75, 3.05) is 74.6 Å². The van der Waals surface area contributed by atoms with Gasteiger partial charge in [-0.3, -0.25) is 38.4 Å². The van der Waals surface area contributed by atoms with Crippen molar-refractivity contribution in [1.29, 1.82) is 0 Å². The fourth-order valence-electron chi connectivity index (χ4n) is 13.6. The number of para-hydroxylation sites is 1. The molecule has 1 saturated carbocycles. The van der Waals surface area contributed by atoms with Gasteiger partial charge in [-0.1, -0.05) is 80.3 Å². The minimum atomic E-state index is -1.47. The standard InChI is InChI=1S/C78H84N10O16/c1-45(2)72(84-70(91)41-81-69(90)40-80-68(89)28-29-71(92)86-42-51-16-9-8-14-48(51)20-21-50-15-10-11-17-60(50)86)74(94)82-46(3)73(93)83-54-24-18-47(19-25-54)44-104-78(98)88-62-38-67(65(101-6)36-58(62)76(96)87-61-33-52(61)34-63(87)77(88)97)103-31-13-7-12-30-102-66-37-59-57(35-64(66)100-5)75(95)85-43-53(32-55(85)39-79-59)49-22-26-56(99-4)27-23-49/h8-11,14-19,22-27,35-38,43,45-46,52,55,61,63,72,77,79,97H,7,12-13,28-34,39-42,44H2,1-6H3,(H,80,89)(H,81,90)(H,82,94)(H,83,93)(H,84,91)/t46-,52-,55-,61-,63-,72-,77?/m0/s1. The molecule has 2 fully saturated rings. The number of amides is 9. The zero-order valence-corrected chi connectivity index (χ0v) is 58.7. The number of hydrogen-bond acceptors (Lipinski definition) is 17. The Hall–Kier alpha value is -11.6. The normalized spacial score (nSPS) is 18.4. The third-order valence-corrected chi connectivity index (χ3v) is 19.4. The number of aliphatic hydroxyl groups excluding tert-OH is 1. The zero-order valence-electron chi connectivity index (χ0n) is 58.7. The number of aliphatic hydroxyl groups is 1. The van der Waals surface area contributed by atoms with Crippen molar-refractivity contribution in [1.82, 2.24) is 31.1 Å². The van der Waals surface area contributed by atoms with Gasteiger partial charge < -0.3 is 80.1 Å². The predicted octanol–water partition coefficient (Wildman–Crippen LogP) is 7.64. The third-order valence-electron chi connectivity index (χ3n) is 19.4. The second-order valence-electron chi connectivity index (χ2n) is 26.7. The van der Waals surface area contributed by atoms with E-state index in [4.69, 9.17) is 28.4 Å². The van der Waals surface area contributed by atoms with Crippen LogP contribution in [0.1, 0.15) is 121 Å². The highest BCUT2D eigenvalue weighted by Crippen LogP contribution is 2.53. The monoisotopic (exact) mass is 1420 g/mol. The predicted molar refractivity (Wildman–Crippen MR) is 385 cm³/mol. The number of methoxy groups -OCH3 is 3. The molecular weight excluding hydrogens is 1330 g/mol. The Morgan fingerprint density at radius 3 is 2.04 bits per heavy atom. The van der Waals surface area contributed by atoms with Gasteiger partial charge in [-0.15, -0.1) is 0 Å². The fraction of sp³-hybridized carbons (Fsp3) is 0.372. The van der Waals surface area contributed by atoms with Crippen LogP contribution in [0.25, 0.3) is 5.57 Å². The van der Waals surface area contributed by atoms with E-state index >= 15 is 0 Å². The molecule has 542 valence electrons. The highest BCUT2D eigenvalue weighted by Gasteiger charge is 2.59. The second kappa shape index (κ2) is 32.2. The lowest BCUT2D eigenvalue weighted by atomic mass is 10.0. The maximum absolute atomic E-state index is 14.4. The Balaban J connectivity index is 0.586. The van der Waals surface area contributed by atoms with Crippen LogP contribution in [0, 0.1) is 23.7 Å². The van der Waals surface area contributed by atoms with Crippen molar-refractivity contribution in [3.05, 3.63) is 166 Å². The SMILES string of the molecule is COc1ccc(C2=CN3C(=O)c4cc(OC)c(OCCCCCOc5cc6c(cc5OC)C(=O)N5[C@@H](C[C@@H]7C[C@@H]75)C(O)N6C(=O)OCc5ccc(NC(=O)[C@H](C)NC(=O)[C@@H](NC(=O)CNC(=O)CNC(=O)CCC(=O)N6Cc7ccccc7C#Cc7ccccc76)C(C)C)cc5)cc4NC[C@@H]3C2)cc1. The quantitative estimate of drug-likeness (QED) is 0.0192. The van der Waals surface area contributed by atoms with Crippen LogP contribution < -0.4 is 65.4 Å². The van der Waals surface area contributed by atoms with E-state index < -0.39 is 79.0 Å². The Morgan fingerprint density at radius 1 is 0.654 bits per heavy atom. The van der Waals surface area contributed by atoms with Crippen molar-refractivity contribution < 1.29 is 76.7 Å². The molecule has 5 heterocycles. The van der Waals surface area contributed by atoms with E-state index in [1.165, 1.54) is 33.3 Å². The van der Waals surface area contributed by atoms with Crippen LogP contribution in [0.5, 0.6) is 28.7 Å². The molecule has 1 saturated heterocycles. The van der Waals surface area contributed by atoms with Gasteiger partial charge in [-0.05, 0) is 134 Å². The average molecular weight is 1420 g/mol. The minimum Gasteiger partial charge on any atom is -0.497 e. The summed E-state index contributed by atoms with van der Waals surface area (Å²) in [6.45, 7) is 4.99. The lowest BCUT2D eigenvalue weighted by Gasteiger charge is -2.33. The number of nitrogens with one attached hydrogen (secondary N) is 6. The highest BCUT2D eigenvalue weighted by molar-refractivity contribution is 6.07. The van der Waals surface area contributed by atoms with Crippen LogP contribution in [0.4, 0.5) is 27.5 Å². The summed E-state index contributed by atoms with van der Waals surface area (Å²) in [6, 6.07) is 32.6. The molecular formula is C78H84N10O16. The Labute approximate surface area is 602 Å².